The molecule has 1 fully saturated rings. The molecule has 2 aromatic heterocycles. The molecule has 2 aromatic carbocycles. The summed E-state index contributed by atoms with van der Waals surface area (Å²) in [5, 5.41) is 10.9. The highest BCUT2D eigenvalue weighted by Gasteiger charge is 2.39. The van der Waals surface area contributed by atoms with Crippen molar-refractivity contribution in [1.82, 2.24) is 19.6 Å². The van der Waals surface area contributed by atoms with Crippen molar-refractivity contribution in [2.45, 2.75) is 104 Å². The summed E-state index contributed by atoms with van der Waals surface area (Å²) in [7, 11) is -2.00. The smallest absolute Gasteiger partial charge is 0.250 e. The van der Waals surface area contributed by atoms with Crippen molar-refractivity contribution in [3.05, 3.63) is 66.5 Å². The molecule has 1 aliphatic heterocycles. The van der Waals surface area contributed by atoms with E-state index in [1.807, 2.05) is 49.1 Å². The summed E-state index contributed by atoms with van der Waals surface area (Å²) in [6.45, 7) is 18.9. The minimum absolute atomic E-state index is 0.0124. The lowest BCUT2D eigenvalue weighted by Gasteiger charge is -2.36. The monoisotopic (exact) mass is 648 g/mol. The summed E-state index contributed by atoms with van der Waals surface area (Å²) in [5.41, 5.74) is 4.06. The zero-order chi connectivity index (χ0) is 32.7. The van der Waals surface area contributed by atoms with Crippen LogP contribution in [0.5, 0.6) is 5.75 Å². The van der Waals surface area contributed by atoms with Crippen LogP contribution in [0.3, 0.4) is 0 Å². The summed E-state index contributed by atoms with van der Waals surface area (Å²) in [4.78, 5) is 0. The fourth-order valence-corrected chi connectivity index (χ4v) is 6.24. The molecule has 1 saturated heterocycles. The molecular weight excluding hydrogens is 597 g/mol. The van der Waals surface area contributed by atoms with Crippen LogP contribution in [0.2, 0.25) is 18.1 Å². The van der Waals surface area contributed by atoms with Gasteiger partial charge in [-0.15, -0.1) is 0 Å². The van der Waals surface area contributed by atoms with E-state index in [9.17, 15) is 0 Å². The van der Waals surface area contributed by atoms with Crippen molar-refractivity contribution in [2.75, 3.05) is 26.4 Å². The Labute approximate surface area is 275 Å². The second-order valence-electron chi connectivity index (χ2n) is 13.8. The van der Waals surface area contributed by atoms with E-state index < -0.39 is 8.32 Å². The fourth-order valence-electron chi connectivity index (χ4n) is 5.21. The van der Waals surface area contributed by atoms with Gasteiger partial charge in [-0.3, -0.25) is 4.68 Å². The minimum Gasteiger partial charge on any atom is -0.543 e. The molecule has 0 aliphatic carbocycles. The van der Waals surface area contributed by atoms with Gasteiger partial charge >= 0.3 is 0 Å². The Hall–Kier alpha value is -3.02. The van der Waals surface area contributed by atoms with Crippen LogP contribution in [0.1, 0.15) is 65.7 Å². The van der Waals surface area contributed by atoms with Crippen molar-refractivity contribution in [3.63, 3.8) is 0 Å². The van der Waals surface area contributed by atoms with E-state index in [2.05, 4.69) is 74.0 Å². The van der Waals surface area contributed by atoms with Crippen molar-refractivity contribution >= 4 is 19.2 Å². The van der Waals surface area contributed by atoms with Crippen LogP contribution in [0.4, 0.5) is 0 Å². The molecule has 5 rings (SSSR count). The molecule has 3 unspecified atom stereocenters. The Morgan fingerprint density at radius 3 is 2.50 bits per heavy atom. The van der Waals surface area contributed by atoms with Gasteiger partial charge in [-0.25, -0.2) is 4.68 Å². The van der Waals surface area contributed by atoms with E-state index >= 15 is 0 Å². The van der Waals surface area contributed by atoms with Crippen LogP contribution in [-0.2, 0) is 32.1 Å². The van der Waals surface area contributed by atoms with Gasteiger partial charge in [-0.2, -0.15) is 10.2 Å². The normalized spacial score (nSPS) is 17.3. The Bertz CT molecular complexity index is 1520. The van der Waals surface area contributed by atoms with Gasteiger partial charge in [-0.1, -0.05) is 51.1 Å². The van der Waals surface area contributed by atoms with Gasteiger partial charge in [0.2, 0.25) is 8.32 Å². The number of benzene rings is 2. The van der Waals surface area contributed by atoms with Crippen LogP contribution in [-0.4, -0.2) is 66.5 Å². The molecule has 0 radical (unpaired) electrons. The molecule has 3 atom stereocenters. The zero-order valence-corrected chi connectivity index (χ0v) is 29.7. The lowest BCUT2D eigenvalue weighted by atomic mass is 10.1. The van der Waals surface area contributed by atoms with Gasteiger partial charge in [0.05, 0.1) is 56.9 Å². The fraction of sp³-hybridized carbons (Fsp3) is 0.556. The molecule has 46 heavy (non-hydrogen) atoms. The molecule has 0 N–H and O–H groups in total. The summed E-state index contributed by atoms with van der Waals surface area (Å²) in [6.07, 6.45) is 7.01. The van der Waals surface area contributed by atoms with E-state index in [4.69, 9.17) is 28.5 Å². The van der Waals surface area contributed by atoms with Gasteiger partial charge in [0.15, 0.2) is 6.23 Å². The van der Waals surface area contributed by atoms with Crippen LogP contribution in [0.15, 0.2) is 60.9 Å². The van der Waals surface area contributed by atoms with E-state index in [-0.39, 0.29) is 23.5 Å². The molecule has 0 saturated carbocycles. The average Bonchev–Trinajstić information content (AvgIpc) is 3.66. The first-order chi connectivity index (χ1) is 22.0. The lowest BCUT2D eigenvalue weighted by molar-refractivity contribution is -0.0748. The molecule has 0 spiro atoms. The predicted molar refractivity (Wildman–Crippen MR) is 185 cm³/mol. The molecular formula is C36H52N4O5Si. The number of fused-ring (bicyclic) bond motifs is 1. The van der Waals surface area contributed by atoms with Crippen LogP contribution in [0.25, 0.3) is 22.2 Å². The largest absolute Gasteiger partial charge is 0.543 e. The Morgan fingerprint density at radius 1 is 0.978 bits per heavy atom. The quantitative estimate of drug-likeness (QED) is 0.0954. The minimum atomic E-state index is -2.00. The topological polar surface area (TPSA) is 81.8 Å². The summed E-state index contributed by atoms with van der Waals surface area (Å²) < 4.78 is 34.6. The average molecular weight is 649 g/mol. The second kappa shape index (κ2) is 15.3. The Balaban J connectivity index is 1.18. The Kier molecular flexibility index (Phi) is 11.4. The van der Waals surface area contributed by atoms with Crippen molar-refractivity contribution in [2.24, 2.45) is 0 Å². The first kappa shape index (κ1) is 34.3. The van der Waals surface area contributed by atoms with Gasteiger partial charge in [0, 0.05) is 23.8 Å². The molecule has 0 amide bonds. The summed E-state index contributed by atoms with van der Waals surface area (Å²) in [6, 6.07) is 16.5. The number of ether oxygens (including phenoxy) is 4. The third kappa shape index (κ3) is 8.66. The third-order valence-corrected chi connectivity index (χ3v) is 13.6. The maximum Gasteiger partial charge on any atom is 0.250 e. The second-order valence-corrected chi connectivity index (χ2v) is 18.6. The first-order valence-electron chi connectivity index (χ1n) is 16.7. The van der Waals surface area contributed by atoms with Gasteiger partial charge in [0.25, 0.3) is 0 Å². The highest BCUT2D eigenvalue weighted by molar-refractivity contribution is 6.74. The highest BCUT2D eigenvalue weighted by atomic mass is 28.4. The number of hydrogen-bond acceptors (Lipinski definition) is 7. The van der Waals surface area contributed by atoms with Crippen molar-refractivity contribution in [3.8, 4) is 17.0 Å². The SMILES string of the molecule is CC(OCCOCCn1cc(-c2nn(C3CCCCO3)c3ccc(O[Si](C)(C)C(C)(C)C)cc23)cn1)C(C)OCc1ccccc1. The number of aromatic nitrogens is 4. The number of nitrogens with zero attached hydrogens (tertiary/aromatic N) is 4. The van der Waals surface area contributed by atoms with Crippen molar-refractivity contribution < 1.29 is 23.4 Å². The van der Waals surface area contributed by atoms with E-state index in [1.54, 1.807) is 0 Å². The van der Waals surface area contributed by atoms with Gasteiger partial charge in [-0.05, 0) is 75.0 Å². The van der Waals surface area contributed by atoms with Crippen LogP contribution in [0, 0.1) is 0 Å². The maximum absolute atomic E-state index is 6.68. The Morgan fingerprint density at radius 2 is 1.76 bits per heavy atom. The molecule has 0 bridgehead atoms. The molecule has 250 valence electrons. The van der Waals surface area contributed by atoms with Gasteiger partial charge < -0.3 is 23.4 Å². The standard InChI is InChI=1S/C36H52N4O5Si/c1-27(28(2)44-26-29-13-9-8-10-14-29)42-22-21-41-20-18-39-25-30(24-37-39)35-32-23-31(45-46(6,7)36(3,4)5)16-17-33(32)40(38-35)34-15-11-12-19-43-34/h8-10,13-14,16-17,23-25,27-28,34H,11-12,15,18-22,26H2,1-7H3. The number of rotatable bonds is 15. The molecule has 1 aliphatic rings. The summed E-state index contributed by atoms with van der Waals surface area (Å²) >= 11 is 0. The van der Waals surface area contributed by atoms with E-state index in [1.165, 1.54) is 0 Å². The highest BCUT2D eigenvalue weighted by Crippen LogP contribution is 2.39. The zero-order valence-electron chi connectivity index (χ0n) is 28.7. The van der Waals surface area contributed by atoms with Crippen LogP contribution >= 0.6 is 0 Å². The third-order valence-electron chi connectivity index (χ3n) is 9.28. The molecule has 4 aromatic rings. The molecule has 3 heterocycles. The van der Waals surface area contributed by atoms with Crippen molar-refractivity contribution in [1.29, 1.82) is 0 Å². The molecule has 9 nitrogen and oxygen atoms in total. The van der Waals surface area contributed by atoms with E-state index in [0.29, 0.717) is 33.0 Å². The number of hydrogen-bond donors (Lipinski definition) is 0. The van der Waals surface area contributed by atoms with E-state index in [0.717, 1.165) is 59.3 Å². The predicted octanol–water partition coefficient (Wildman–Crippen LogP) is 8.01. The van der Waals surface area contributed by atoms with Gasteiger partial charge in [0.1, 0.15) is 11.4 Å². The molecule has 10 heteroatoms. The first-order valence-corrected chi connectivity index (χ1v) is 19.6. The summed E-state index contributed by atoms with van der Waals surface area (Å²) in [5.74, 6) is 0.888. The van der Waals surface area contributed by atoms with Crippen LogP contribution < -0.4 is 4.43 Å². The lowest BCUT2D eigenvalue weighted by Crippen LogP contribution is -2.43. The maximum atomic E-state index is 6.68.